The van der Waals surface area contributed by atoms with Crippen LogP contribution in [-0.2, 0) is 18.4 Å². The highest BCUT2D eigenvalue weighted by atomic mass is 16.3. The Bertz CT molecular complexity index is 1400. The van der Waals surface area contributed by atoms with Gasteiger partial charge in [0.25, 0.3) is 5.91 Å². The Morgan fingerprint density at radius 3 is 2.80 bits per heavy atom. The zero-order valence-corrected chi connectivity index (χ0v) is 19.7. The summed E-state index contributed by atoms with van der Waals surface area (Å²) in [6.07, 6.45) is 1.58. The number of tetrazole rings is 1. The van der Waals surface area contributed by atoms with Gasteiger partial charge in [-0.3, -0.25) is 19.5 Å². The van der Waals surface area contributed by atoms with Crippen molar-refractivity contribution in [3.8, 4) is 11.5 Å². The fraction of sp³-hybridized carbons (Fsp3) is 0.348. The third kappa shape index (κ3) is 4.87. The summed E-state index contributed by atoms with van der Waals surface area (Å²) >= 11 is 0. The van der Waals surface area contributed by atoms with Crippen LogP contribution >= 0.6 is 0 Å². The van der Waals surface area contributed by atoms with Crippen molar-refractivity contribution in [3.05, 3.63) is 48.0 Å². The maximum atomic E-state index is 13.2. The van der Waals surface area contributed by atoms with Crippen LogP contribution in [0.25, 0.3) is 22.6 Å². The molecule has 5 rings (SSSR count). The highest BCUT2D eigenvalue weighted by molar-refractivity contribution is 5.94. The van der Waals surface area contributed by atoms with E-state index in [-0.39, 0.29) is 17.9 Å². The van der Waals surface area contributed by atoms with E-state index in [9.17, 15) is 9.59 Å². The van der Waals surface area contributed by atoms with Gasteiger partial charge in [-0.25, -0.2) is 4.98 Å². The highest BCUT2D eigenvalue weighted by Crippen LogP contribution is 2.27. The Balaban J connectivity index is 1.30. The number of amides is 2. The molecule has 35 heavy (non-hydrogen) atoms. The molecule has 0 bridgehead atoms. The number of aryl methyl sites for hydroxylation is 1. The number of rotatable bonds is 5. The number of hydrogen-bond acceptors (Lipinski definition) is 9. The second kappa shape index (κ2) is 9.22. The smallest absolute Gasteiger partial charge is 0.272 e. The van der Waals surface area contributed by atoms with Crippen LogP contribution in [0, 0.1) is 0 Å². The Morgan fingerprint density at radius 1 is 1.20 bits per heavy atom. The van der Waals surface area contributed by atoms with Crippen LogP contribution < -0.4 is 5.32 Å². The molecule has 1 aromatic carbocycles. The quantitative estimate of drug-likeness (QED) is 0.458. The van der Waals surface area contributed by atoms with Crippen molar-refractivity contribution in [1.29, 1.82) is 0 Å². The molecule has 12 heteroatoms. The van der Waals surface area contributed by atoms with E-state index in [2.05, 4.69) is 42.5 Å². The Kier molecular flexibility index (Phi) is 5.95. The molecule has 1 atom stereocenters. The van der Waals surface area contributed by atoms with Gasteiger partial charge < -0.3 is 14.6 Å². The number of carbonyl (C=O) groups is 2. The summed E-state index contributed by atoms with van der Waals surface area (Å²) in [6, 6.07) is 8.83. The molecule has 0 spiro atoms. The first-order valence-corrected chi connectivity index (χ1v) is 11.3. The minimum absolute atomic E-state index is 0.134. The average Bonchev–Trinajstić information content (AvgIpc) is 3.45. The van der Waals surface area contributed by atoms with Crippen LogP contribution in [0.2, 0.25) is 0 Å². The van der Waals surface area contributed by atoms with Gasteiger partial charge in [0.2, 0.25) is 11.8 Å². The topological polar surface area (TPSA) is 135 Å². The molecule has 0 radical (unpaired) electrons. The molecule has 2 amide bonds. The monoisotopic (exact) mass is 475 g/mol. The van der Waals surface area contributed by atoms with Crippen molar-refractivity contribution in [2.45, 2.75) is 26.4 Å². The maximum absolute atomic E-state index is 13.2. The van der Waals surface area contributed by atoms with Gasteiger partial charge in [-0.1, -0.05) is 0 Å². The number of hydrogen-bond donors (Lipinski definition) is 1. The van der Waals surface area contributed by atoms with Crippen molar-refractivity contribution < 1.29 is 14.0 Å². The van der Waals surface area contributed by atoms with Gasteiger partial charge in [-0.15, -0.1) is 10.2 Å². The van der Waals surface area contributed by atoms with Gasteiger partial charge in [0.15, 0.2) is 11.4 Å². The zero-order valence-electron chi connectivity index (χ0n) is 19.7. The lowest BCUT2D eigenvalue weighted by molar-refractivity contribution is -0.114. The average molecular weight is 476 g/mol. The van der Waals surface area contributed by atoms with E-state index >= 15 is 0 Å². The largest absolute Gasteiger partial charge is 0.436 e. The first-order chi connectivity index (χ1) is 16.9. The minimum Gasteiger partial charge on any atom is -0.436 e. The van der Waals surface area contributed by atoms with Crippen LogP contribution in [0.3, 0.4) is 0 Å². The number of fused-ring (bicyclic) bond motifs is 1. The SMILES string of the molecule is CC(=O)Nc1ccc2oc(-c3ccnc(C(=O)N4CCN(Cc5nnn(C)n5)[C@H](C)C4)c3)nc2c1. The van der Waals surface area contributed by atoms with E-state index in [4.69, 9.17) is 4.42 Å². The molecule has 3 aromatic heterocycles. The number of pyridine rings is 1. The minimum atomic E-state index is -0.161. The molecule has 12 nitrogen and oxygen atoms in total. The van der Waals surface area contributed by atoms with Crippen LogP contribution in [0.4, 0.5) is 5.69 Å². The van der Waals surface area contributed by atoms with Crippen LogP contribution in [0.15, 0.2) is 40.9 Å². The number of nitrogens with one attached hydrogen (secondary N) is 1. The molecule has 0 unspecified atom stereocenters. The van der Waals surface area contributed by atoms with Crippen LogP contribution in [0.5, 0.6) is 0 Å². The fourth-order valence-electron chi connectivity index (χ4n) is 4.16. The van der Waals surface area contributed by atoms with Crippen LogP contribution in [-0.4, -0.2) is 77.5 Å². The molecule has 180 valence electrons. The molecule has 1 aliphatic rings. The Morgan fingerprint density at radius 2 is 2.06 bits per heavy atom. The molecule has 0 saturated carbocycles. The first-order valence-electron chi connectivity index (χ1n) is 11.3. The molecule has 0 aliphatic carbocycles. The number of anilines is 1. The molecule has 1 N–H and O–H groups in total. The van der Waals surface area contributed by atoms with Gasteiger partial charge >= 0.3 is 0 Å². The number of nitrogens with zero attached hydrogens (tertiary/aromatic N) is 8. The molecule has 4 heterocycles. The molecule has 1 fully saturated rings. The predicted octanol–water partition coefficient (Wildman–Crippen LogP) is 1.72. The van der Waals surface area contributed by atoms with Gasteiger partial charge in [-0.2, -0.15) is 4.80 Å². The van der Waals surface area contributed by atoms with Crippen molar-refractivity contribution in [1.82, 2.24) is 40.0 Å². The Labute approximate surface area is 200 Å². The van der Waals surface area contributed by atoms with Gasteiger partial charge in [0, 0.05) is 50.0 Å². The number of piperazine rings is 1. The predicted molar refractivity (Wildman–Crippen MR) is 126 cm³/mol. The summed E-state index contributed by atoms with van der Waals surface area (Å²) in [6.45, 7) is 5.96. The summed E-state index contributed by atoms with van der Waals surface area (Å²) in [5, 5.41) is 14.9. The number of carbonyl (C=O) groups excluding carboxylic acids is 2. The molecule has 1 saturated heterocycles. The number of benzene rings is 1. The van der Waals surface area contributed by atoms with Crippen molar-refractivity contribution >= 4 is 28.6 Å². The molecule has 4 aromatic rings. The van der Waals surface area contributed by atoms with E-state index in [0.29, 0.717) is 65.9 Å². The highest BCUT2D eigenvalue weighted by Gasteiger charge is 2.29. The van der Waals surface area contributed by atoms with E-state index in [1.165, 1.54) is 11.7 Å². The standard InChI is InChI=1S/C23H25N9O3/c1-14-12-32(9-8-31(14)13-21-27-29-30(3)28-21)23(34)19-10-16(6-7-24-19)22-26-18-11-17(25-15(2)33)4-5-20(18)35-22/h4-7,10-11,14H,8-9,12-13H2,1-3H3,(H,25,33)/t14-/m1/s1. The number of aromatic nitrogens is 6. The van der Waals surface area contributed by atoms with Gasteiger partial charge in [-0.05, 0) is 42.5 Å². The third-order valence-electron chi connectivity index (χ3n) is 5.88. The zero-order chi connectivity index (χ0) is 24.5. The summed E-state index contributed by atoms with van der Waals surface area (Å²) in [5.41, 5.74) is 2.82. The maximum Gasteiger partial charge on any atom is 0.272 e. The van der Waals surface area contributed by atoms with E-state index < -0.39 is 0 Å². The van der Waals surface area contributed by atoms with E-state index in [1.54, 1.807) is 43.6 Å². The number of oxazole rings is 1. The summed E-state index contributed by atoms with van der Waals surface area (Å²) < 4.78 is 5.88. The van der Waals surface area contributed by atoms with Crippen molar-refractivity contribution in [3.63, 3.8) is 0 Å². The first kappa shape index (κ1) is 22.6. The second-order valence-corrected chi connectivity index (χ2v) is 8.58. The lowest BCUT2D eigenvalue weighted by atomic mass is 10.1. The molecular weight excluding hydrogens is 450 g/mol. The van der Waals surface area contributed by atoms with Crippen LogP contribution in [0.1, 0.15) is 30.2 Å². The fourth-order valence-corrected chi connectivity index (χ4v) is 4.16. The summed E-state index contributed by atoms with van der Waals surface area (Å²) in [7, 11) is 1.74. The molecular formula is C23H25N9O3. The summed E-state index contributed by atoms with van der Waals surface area (Å²) in [5.74, 6) is 0.744. The van der Waals surface area contributed by atoms with Crippen molar-refractivity contribution in [2.75, 3.05) is 25.0 Å². The van der Waals surface area contributed by atoms with Gasteiger partial charge in [0.1, 0.15) is 11.2 Å². The van der Waals surface area contributed by atoms with E-state index in [1.807, 2.05) is 4.90 Å². The van der Waals surface area contributed by atoms with Crippen molar-refractivity contribution in [2.24, 2.45) is 7.05 Å². The third-order valence-corrected chi connectivity index (χ3v) is 5.88. The lowest BCUT2D eigenvalue weighted by Gasteiger charge is -2.39. The van der Waals surface area contributed by atoms with Gasteiger partial charge in [0.05, 0.1) is 13.6 Å². The Hall–Kier alpha value is -4.19. The second-order valence-electron chi connectivity index (χ2n) is 8.58. The normalized spacial score (nSPS) is 16.5. The lowest BCUT2D eigenvalue weighted by Crippen LogP contribution is -2.53. The molecule has 1 aliphatic heterocycles. The summed E-state index contributed by atoms with van der Waals surface area (Å²) in [4.78, 5) is 38.9. The van der Waals surface area contributed by atoms with E-state index in [0.717, 1.165) is 0 Å².